The molecule has 0 unspecified atom stereocenters. The highest BCUT2D eigenvalue weighted by molar-refractivity contribution is 7.89. The molecule has 0 bridgehead atoms. The zero-order valence-corrected chi connectivity index (χ0v) is 11.0. The van der Waals surface area contributed by atoms with Crippen LogP contribution in [-0.4, -0.2) is 43.0 Å². The van der Waals surface area contributed by atoms with Gasteiger partial charge < -0.3 is 4.74 Å². The molecule has 1 aromatic heterocycles. The molecule has 5 nitrogen and oxygen atoms in total. The van der Waals surface area contributed by atoms with Gasteiger partial charge in [0.15, 0.2) is 5.82 Å². The lowest BCUT2D eigenvalue weighted by Crippen LogP contribution is -2.48. The number of morpholine rings is 1. The fourth-order valence-corrected chi connectivity index (χ4v) is 3.58. The molecule has 2 atom stereocenters. The van der Waals surface area contributed by atoms with E-state index in [4.69, 9.17) is 4.74 Å². The summed E-state index contributed by atoms with van der Waals surface area (Å²) in [7, 11) is -3.89. The molecule has 100 valence electrons. The van der Waals surface area contributed by atoms with Gasteiger partial charge in [-0.25, -0.2) is 17.8 Å². The van der Waals surface area contributed by atoms with Gasteiger partial charge >= 0.3 is 0 Å². The molecule has 0 spiro atoms. The molecule has 1 aliphatic heterocycles. The van der Waals surface area contributed by atoms with E-state index in [9.17, 15) is 12.8 Å². The van der Waals surface area contributed by atoms with Crippen molar-refractivity contribution in [1.29, 1.82) is 0 Å². The zero-order valence-electron chi connectivity index (χ0n) is 10.2. The summed E-state index contributed by atoms with van der Waals surface area (Å²) < 4.78 is 44.7. The van der Waals surface area contributed by atoms with Crippen LogP contribution in [0.25, 0.3) is 0 Å². The van der Waals surface area contributed by atoms with Crippen LogP contribution < -0.4 is 0 Å². The second-order valence-electron chi connectivity index (χ2n) is 4.37. The molecule has 0 aliphatic carbocycles. The first kappa shape index (κ1) is 13.4. The van der Waals surface area contributed by atoms with Gasteiger partial charge in [0.25, 0.3) is 10.0 Å². The summed E-state index contributed by atoms with van der Waals surface area (Å²) in [6.07, 6.45) is 0.842. The minimum atomic E-state index is -3.89. The van der Waals surface area contributed by atoms with Crippen molar-refractivity contribution in [3.05, 3.63) is 24.1 Å². The number of pyridine rings is 1. The Morgan fingerprint density at radius 1 is 1.39 bits per heavy atom. The summed E-state index contributed by atoms with van der Waals surface area (Å²) in [4.78, 5) is 3.63. The van der Waals surface area contributed by atoms with Gasteiger partial charge in [0.05, 0.1) is 12.2 Å². The van der Waals surface area contributed by atoms with Crippen LogP contribution in [0.5, 0.6) is 0 Å². The third kappa shape index (κ3) is 2.52. The lowest BCUT2D eigenvalue weighted by molar-refractivity contribution is -0.0441. The van der Waals surface area contributed by atoms with E-state index in [0.29, 0.717) is 0 Å². The summed E-state index contributed by atoms with van der Waals surface area (Å²) in [5, 5.41) is -0.522. The molecule has 0 radical (unpaired) electrons. The number of aromatic nitrogens is 1. The van der Waals surface area contributed by atoms with E-state index in [1.807, 2.05) is 0 Å². The molecule has 0 N–H and O–H groups in total. The zero-order chi connectivity index (χ0) is 13.3. The van der Waals surface area contributed by atoms with Gasteiger partial charge in [-0.3, -0.25) is 0 Å². The molecule has 2 heterocycles. The Kier molecular flexibility index (Phi) is 3.65. The minimum Gasteiger partial charge on any atom is -0.373 e. The Morgan fingerprint density at radius 3 is 2.56 bits per heavy atom. The number of hydrogen-bond acceptors (Lipinski definition) is 4. The molecular weight excluding hydrogens is 259 g/mol. The monoisotopic (exact) mass is 274 g/mol. The number of rotatable bonds is 2. The highest BCUT2D eigenvalue weighted by Gasteiger charge is 2.34. The SMILES string of the molecule is C[C@@H]1CN(S(=O)(=O)c2ncccc2F)C[C@H](C)O1. The van der Waals surface area contributed by atoms with E-state index in [2.05, 4.69) is 4.98 Å². The van der Waals surface area contributed by atoms with Gasteiger partial charge in [-0.15, -0.1) is 0 Å². The fraction of sp³-hybridized carbons (Fsp3) is 0.545. The first-order chi connectivity index (χ1) is 8.41. The van der Waals surface area contributed by atoms with Crippen LogP contribution in [0.4, 0.5) is 4.39 Å². The normalized spacial score (nSPS) is 26.2. The third-order valence-electron chi connectivity index (χ3n) is 2.70. The predicted molar refractivity (Wildman–Crippen MR) is 63.0 cm³/mol. The maximum Gasteiger partial charge on any atom is 0.263 e. The number of nitrogens with zero attached hydrogens (tertiary/aromatic N) is 2. The first-order valence-corrected chi connectivity index (χ1v) is 7.11. The van der Waals surface area contributed by atoms with Crippen molar-refractivity contribution in [3.8, 4) is 0 Å². The van der Waals surface area contributed by atoms with Crippen molar-refractivity contribution in [2.75, 3.05) is 13.1 Å². The van der Waals surface area contributed by atoms with Crippen LogP contribution in [0.3, 0.4) is 0 Å². The van der Waals surface area contributed by atoms with Gasteiger partial charge in [-0.2, -0.15) is 4.31 Å². The Morgan fingerprint density at radius 2 is 2.00 bits per heavy atom. The Hall–Kier alpha value is -1.05. The lowest BCUT2D eigenvalue weighted by atomic mass is 10.3. The number of halogens is 1. The van der Waals surface area contributed by atoms with Gasteiger partial charge in [-0.05, 0) is 26.0 Å². The number of sulfonamides is 1. The largest absolute Gasteiger partial charge is 0.373 e. The average Bonchev–Trinajstić information content (AvgIpc) is 2.28. The van der Waals surface area contributed by atoms with Crippen molar-refractivity contribution in [2.45, 2.75) is 31.1 Å². The van der Waals surface area contributed by atoms with Crippen LogP contribution in [0.1, 0.15) is 13.8 Å². The van der Waals surface area contributed by atoms with E-state index in [0.717, 1.165) is 6.07 Å². The highest BCUT2D eigenvalue weighted by atomic mass is 32.2. The quantitative estimate of drug-likeness (QED) is 0.808. The molecular formula is C11H15FN2O3S. The average molecular weight is 274 g/mol. The summed E-state index contributed by atoms with van der Waals surface area (Å²) in [5.74, 6) is -0.829. The topological polar surface area (TPSA) is 59.5 Å². The molecule has 2 rings (SSSR count). The molecule has 18 heavy (non-hydrogen) atoms. The molecule has 7 heteroatoms. The molecule has 0 amide bonds. The van der Waals surface area contributed by atoms with E-state index in [-0.39, 0.29) is 25.3 Å². The minimum absolute atomic E-state index is 0.211. The van der Waals surface area contributed by atoms with Crippen molar-refractivity contribution in [1.82, 2.24) is 9.29 Å². The second-order valence-corrected chi connectivity index (χ2v) is 6.22. The molecule has 1 saturated heterocycles. The molecule has 0 aromatic carbocycles. The van der Waals surface area contributed by atoms with Crippen molar-refractivity contribution >= 4 is 10.0 Å². The van der Waals surface area contributed by atoms with Crippen molar-refractivity contribution in [3.63, 3.8) is 0 Å². The van der Waals surface area contributed by atoms with Crippen LogP contribution in [0, 0.1) is 5.82 Å². The smallest absolute Gasteiger partial charge is 0.263 e. The molecule has 1 aliphatic rings. The maximum atomic E-state index is 13.5. The summed E-state index contributed by atoms with van der Waals surface area (Å²) in [5.41, 5.74) is 0. The lowest BCUT2D eigenvalue weighted by Gasteiger charge is -2.34. The summed E-state index contributed by atoms with van der Waals surface area (Å²) in [6.45, 7) is 3.99. The standard InChI is InChI=1S/C11H15FN2O3S/c1-8-6-14(7-9(2)17-8)18(15,16)11-10(12)4-3-5-13-11/h3-5,8-9H,6-7H2,1-2H3/t8-,9+. The first-order valence-electron chi connectivity index (χ1n) is 5.67. The number of ether oxygens (including phenoxy) is 1. The van der Waals surface area contributed by atoms with Crippen LogP contribution in [-0.2, 0) is 14.8 Å². The van der Waals surface area contributed by atoms with Crippen LogP contribution >= 0.6 is 0 Å². The van der Waals surface area contributed by atoms with Gasteiger partial charge in [-0.1, -0.05) is 0 Å². The van der Waals surface area contributed by atoms with E-state index >= 15 is 0 Å². The molecule has 0 saturated carbocycles. The fourth-order valence-electron chi connectivity index (χ4n) is 2.01. The third-order valence-corrected chi connectivity index (χ3v) is 4.46. The number of hydrogen-bond donors (Lipinski definition) is 0. The predicted octanol–water partition coefficient (Wildman–Crippen LogP) is 1.02. The summed E-state index contributed by atoms with van der Waals surface area (Å²) in [6, 6.07) is 2.45. The maximum absolute atomic E-state index is 13.5. The second kappa shape index (κ2) is 4.91. The van der Waals surface area contributed by atoms with Crippen LogP contribution in [0.15, 0.2) is 23.4 Å². The van der Waals surface area contributed by atoms with Gasteiger partial charge in [0.2, 0.25) is 5.03 Å². The Bertz CT molecular complexity index is 525. The Labute approximate surface area is 106 Å². The highest BCUT2D eigenvalue weighted by Crippen LogP contribution is 2.21. The van der Waals surface area contributed by atoms with Crippen molar-refractivity contribution in [2.24, 2.45) is 0 Å². The van der Waals surface area contributed by atoms with Gasteiger partial charge in [0, 0.05) is 19.3 Å². The Balaban J connectivity index is 2.34. The van der Waals surface area contributed by atoms with E-state index < -0.39 is 20.9 Å². The molecule has 1 fully saturated rings. The van der Waals surface area contributed by atoms with E-state index in [1.54, 1.807) is 13.8 Å². The molecule has 1 aromatic rings. The van der Waals surface area contributed by atoms with Gasteiger partial charge in [0.1, 0.15) is 0 Å². The van der Waals surface area contributed by atoms with Crippen molar-refractivity contribution < 1.29 is 17.5 Å². The summed E-state index contributed by atoms with van der Waals surface area (Å²) >= 11 is 0. The van der Waals surface area contributed by atoms with E-state index in [1.165, 1.54) is 16.6 Å². The van der Waals surface area contributed by atoms with Crippen LogP contribution in [0.2, 0.25) is 0 Å².